The van der Waals surface area contributed by atoms with Gasteiger partial charge in [0.1, 0.15) is 0 Å². The van der Waals surface area contributed by atoms with E-state index in [0.717, 1.165) is 6.54 Å². The second-order valence-corrected chi connectivity index (χ2v) is 6.90. The second-order valence-electron chi connectivity index (χ2n) is 5.87. The first-order valence-corrected chi connectivity index (χ1v) is 7.90. The lowest BCUT2D eigenvalue weighted by Crippen LogP contribution is -2.35. The number of carbonyl (C=O) groups is 2. The summed E-state index contributed by atoms with van der Waals surface area (Å²) in [7, 11) is 1.82. The van der Waals surface area contributed by atoms with Crippen LogP contribution in [0.5, 0.6) is 0 Å². The first kappa shape index (κ1) is 15.0. The minimum atomic E-state index is -0.175. The molecule has 110 valence electrons. The Labute approximate surface area is 124 Å². The first-order chi connectivity index (χ1) is 9.47. The van der Waals surface area contributed by atoms with Crippen LogP contribution in [0.3, 0.4) is 0 Å². The van der Waals surface area contributed by atoms with Crippen LogP contribution in [0.2, 0.25) is 0 Å². The van der Waals surface area contributed by atoms with Gasteiger partial charge in [0.05, 0.1) is 12.5 Å². The van der Waals surface area contributed by atoms with E-state index in [1.807, 2.05) is 29.5 Å². The number of amides is 2. The van der Waals surface area contributed by atoms with Crippen LogP contribution < -0.4 is 0 Å². The molecule has 0 radical (unpaired) electrons. The highest BCUT2D eigenvalue weighted by atomic mass is 32.1. The maximum Gasteiger partial charge on any atom is 0.228 e. The lowest BCUT2D eigenvalue weighted by molar-refractivity contribution is -0.135. The minimum absolute atomic E-state index is 0.0815. The molecule has 2 amide bonds. The maximum absolute atomic E-state index is 12.4. The monoisotopic (exact) mass is 294 g/mol. The zero-order valence-electron chi connectivity index (χ0n) is 12.3. The van der Waals surface area contributed by atoms with Crippen molar-refractivity contribution in [3.63, 3.8) is 0 Å². The second kappa shape index (κ2) is 6.39. The van der Waals surface area contributed by atoms with Crippen LogP contribution in [0, 0.1) is 11.8 Å². The number of hydrogen-bond donors (Lipinski definition) is 0. The lowest BCUT2D eigenvalue weighted by atomic mass is 10.1. The van der Waals surface area contributed by atoms with Gasteiger partial charge in [-0.15, -0.1) is 11.3 Å². The zero-order chi connectivity index (χ0) is 14.7. The quantitative estimate of drug-likeness (QED) is 0.835. The molecule has 4 nitrogen and oxygen atoms in total. The third-order valence-corrected chi connectivity index (χ3v) is 4.36. The van der Waals surface area contributed by atoms with Crippen LogP contribution in [-0.4, -0.2) is 41.8 Å². The van der Waals surface area contributed by atoms with E-state index in [1.54, 1.807) is 16.2 Å². The molecule has 0 spiro atoms. The summed E-state index contributed by atoms with van der Waals surface area (Å²) in [6.07, 6.45) is 0.361. The molecule has 0 unspecified atom stereocenters. The molecule has 20 heavy (non-hydrogen) atoms. The number of hydrogen-bond acceptors (Lipinski definition) is 3. The molecule has 1 aromatic heterocycles. The number of nitrogens with zero attached hydrogens (tertiary/aromatic N) is 2. The van der Waals surface area contributed by atoms with Crippen molar-refractivity contribution in [3.8, 4) is 0 Å². The molecule has 2 heterocycles. The molecule has 1 aromatic rings. The smallest absolute Gasteiger partial charge is 0.228 e. The fraction of sp³-hybridized carbons (Fsp3) is 0.600. The van der Waals surface area contributed by atoms with Crippen molar-refractivity contribution < 1.29 is 9.59 Å². The van der Waals surface area contributed by atoms with Crippen LogP contribution in [-0.2, 0) is 16.1 Å². The highest BCUT2D eigenvalue weighted by molar-refractivity contribution is 7.09. The van der Waals surface area contributed by atoms with Crippen molar-refractivity contribution >= 4 is 23.2 Å². The Kier molecular flexibility index (Phi) is 4.81. The third kappa shape index (κ3) is 3.60. The zero-order valence-corrected chi connectivity index (χ0v) is 13.2. The summed E-state index contributed by atoms with van der Waals surface area (Å²) >= 11 is 1.65. The van der Waals surface area contributed by atoms with Gasteiger partial charge in [-0.25, -0.2) is 0 Å². The number of thiophene rings is 1. The molecule has 1 aliphatic rings. The fourth-order valence-electron chi connectivity index (χ4n) is 2.58. The van der Waals surface area contributed by atoms with Crippen LogP contribution in [0.15, 0.2) is 17.5 Å². The van der Waals surface area contributed by atoms with Crippen LogP contribution >= 0.6 is 11.3 Å². The Hall–Kier alpha value is -1.36. The predicted octanol–water partition coefficient (Wildman–Crippen LogP) is 2.21. The molecular formula is C15H22N2O2S. The molecule has 2 rings (SSSR count). The van der Waals surface area contributed by atoms with E-state index < -0.39 is 0 Å². The fourth-order valence-corrected chi connectivity index (χ4v) is 3.34. The number of carbonyl (C=O) groups excluding carboxylic acids is 2. The Morgan fingerprint density at radius 3 is 2.90 bits per heavy atom. The summed E-state index contributed by atoms with van der Waals surface area (Å²) in [6, 6.07) is 4.01. The van der Waals surface area contributed by atoms with Crippen LogP contribution in [0.1, 0.15) is 25.1 Å². The maximum atomic E-state index is 12.4. The van der Waals surface area contributed by atoms with Crippen molar-refractivity contribution in [2.75, 3.05) is 20.1 Å². The predicted molar refractivity (Wildman–Crippen MR) is 80.3 cm³/mol. The molecular weight excluding hydrogens is 272 g/mol. The van der Waals surface area contributed by atoms with Gasteiger partial charge in [-0.3, -0.25) is 9.59 Å². The van der Waals surface area contributed by atoms with E-state index in [4.69, 9.17) is 0 Å². The molecule has 0 aliphatic carbocycles. The Morgan fingerprint density at radius 2 is 2.30 bits per heavy atom. The lowest BCUT2D eigenvalue weighted by Gasteiger charge is -2.21. The van der Waals surface area contributed by atoms with E-state index in [2.05, 4.69) is 13.8 Å². The van der Waals surface area contributed by atoms with E-state index >= 15 is 0 Å². The summed E-state index contributed by atoms with van der Waals surface area (Å²) in [5.41, 5.74) is 0. The standard InChI is InChI=1S/C15H22N2O2S/c1-11(2)8-17-9-12(7-14(17)18)15(19)16(3)10-13-5-4-6-20-13/h4-6,11-12H,7-10H2,1-3H3/t12-/m1/s1. The van der Waals surface area contributed by atoms with E-state index in [9.17, 15) is 9.59 Å². The van der Waals surface area contributed by atoms with Crippen molar-refractivity contribution in [1.29, 1.82) is 0 Å². The summed E-state index contributed by atoms with van der Waals surface area (Å²) in [6.45, 7) is 6.13. The van der Waals surface area contributed by atoms with Gasteiger partial charge >= 0.3 is 0 Å². The van der Waals surface area contributed by atoms with Crippen molar-refractivity contribution in [2.45, 2.75) is 26.8 Å². The first-order valence-electron chi connectivity index (χ1n) is 7.02. The third-order valence-electron chi connectivity index (χ3n) is 3.50. The normalized spacial score (nSPS) is 18.9. The van der Waals surface area contributed by atoms with Crippen LogP contribution in [0.25, 0.3) is 0 Å². The Balaban J connectivity index is 1.91. The average Bonchev–Trinajstić information content (AvgIpc) is 2.99. The molecule has 1 saturated heterocycles. The summed E-state index contributed by atoms with van der Waals surface area (Å²) < 4.78 is 0. The largest absolute Gasteiger partial charge is 0.342 e. The average molecular weight is 294 g/mol. The topological polar surface area (TPSA) is 40.6 Å². The van der Waals surface area contributed by atoms with Gasteiger partial charge in [-0.05, 0) is 17.4 Å². The molecule has 0 saturated carbocycles. The van der Waals surface area contributed by atoms with Gasteiger partial charge in [0.2, 0.25) is 11.8 Å². The molecule has 1 fully saturated rings. The van der Waals surface area contributed by atoms with Gasteiger partial charge in [-0.1, -0.05) is 19.9 Å². The summed E-state index contributed by atoms with van der Waals surface area (Å²) in [5.74, 6) is 0.461. The van der Waals surface area contributed by atoms with E-state index in [-0.39, 0.29) is 17.7 Å². The van der Waals surface area contributed by atoms with E-state index in [1.165, 1.54) is 4.88 Å². The molecule has 5 heteroatoms. The highest BCUT2D eigenvalue weighted by Gasteiger charge is 2.35. The van der Waals surface area contributed by atoms with Crippen molar-refractivity contribution in [2.24, 2.45) is 11.8 Å². The number of likely N-dealkylation sites (tertiary alicyclic amines) is 1. The van der Waals surface area contributed by atoms with Gasteiger partial charge in [-0.2, -0.15) is 0 Å². The SMILES string of the molecule is CC(C)CN1C[C@H](C(=O)N(C)Cc2cccs2)CC1=O. The van der Waals surface area contributed by atoms with E-state index in [0.29, 0.717) is 25.4 Å². The van der Waals surface area contributed by atoms with Gasteiger partial charge in [0.15, 0.2) is 0 Å². The Morgan fingerprint density at radius 1 is 1.55 bits per heavy atom. The molecule has 1 aliphatic heterocycles. The highest BCUT2D eigenvalue weighted by Crippen LogP contribution is 2.22. The molecule has 1 atom stereocenters. The van der Waals surface area contributed by atoms with Gasteiger partial charge < -0.3 is 9.80 Å². The van der Waals surface area contributed by atoms with Gasteiger partial charge in [0, 0.05) is 31.4 Å². The molecule has 0 N–H and O–H groups in total. The minimum Gasteiger partial charge on any atom is -0.342 e. The Bertz CT molecular complexity index is 470. The molecule has 0 bridgehead atoms. The summed E-state index contributed by atoms with van der Waals surface area (Å²) in [5, 5.41) is 2.01. The van der Waals surface area contributed by atoms with Gasteiger partial charge in [0.25, 0.3) is 0 Å². The van der Waals surface area contributed by atoms with Crippen molar-refractivity contribution in [1.82, 2.24) is 9.80 Å². The number of rotatable bonds is 5. The van der Waals surface area contributed by atoms with Crippen molar-refractivity contribution in [3.05, 3.63) is 22.4 Å². The van der Waals surface area contributed by atoms with Crippen LogP contribution in [0.4, 0.5) is 0 Å². The molecule has 0 aromatic carbocycles. The summed E-state index contributed by atoms with van der Waals surface area (Å²) in [4.78, 5) is 29.1.